The first-order valence-corrected chi connectivity index (χ1v) is 6.77. The molecule has 88 valence electrons. The third-order valence-electron chi connectivity index (χ3n) is 3.90. The fourth-order valence-corrected chi connectivity index (χ4v) is 2.68. The molecule has 15 heavy (non-hydrogen) atoms. The van der Waals surface area contributed by atoms with E-state index >= 15 is 0 Å². The normalized spacial score (nSPS) is 30.4. The lowest BCUT2D eigenvalue weighted by atomic mass is 9.98. The lowest BCUT2D eigenvalue weighted by Crippen LogP contribution is -2.46. The van der Waals surface area contributed by atoms with Crippen LogP contribution in [0, 0.1) is 5.92 Å². The molecule has 2 nitrogen and oxygen atoms in total. The van der Waals surface area contributed by atoms with Crippen molar-refractivity contribution in [1.29, 1.82) is 0 Å². The number of hydrogen-bond donors (Lipinski definition) is 1. The van der Waals surface area contributed by atoms with E-state index in [1.165, 1.54) is 51.7 Å². The van der Waals surface area contributed by atoms with Gasteiger partial charge < -0.3 is 5.32 Å². The smallest absolute Gasteiger partial charge is 0.0218 e. The number of hydrogen-bond acceptors (Lipinski definition) is 2. The molecule has 2 fully saturated rings. The molecule has 2 unspecified atom stereocenters. The van der Waals surface area contributed by atoms with Crippen molar-refractivity contribution >= 4 is 0 Å². The maximum Gasteiger partial charge on any atom is 0.0218 e. The van der Waals surface area contributed by atoms with Crippen LogP contribution in [0.3, 0.4) is 0 Å². The van der Waals surface area contributed by atoms with Gasteiger partial charge in [-0.2, -0.15) is 0 Å². The summed E-state index contributed by atoms with van der Waals surface area (Å²) in [5, 5.41) is 3.68. The Morgan fingerprint density at radius 3 is 2.73 bits per heavy atom. The number of rotatable bonds is 5. The number of nitrogens with zero attached hydrogens (tertiary/aromatic N) is 1. The van der Waals surface area contributed by atoms with Gasteiger partial charge in [-0.25, -0.2) is 0 Å². The quantitative estimate of drug-likeness (QED) is 0.749. The van der Waals surface area contributed by atoms with Gasteiger partial charge in [0.15, 0.2) is 0 Å². The Bertz CT molecular complexity index is 189. The van der Waals surface area contributed by atoms with Gasteiger partial charge in [-0.1, -0.05) is 13.8 Å². The van der Waals surface area contributed by atoms with Gasteiger partial charge in [-0.15, -0.1) is 0 Å². The lowest BCUT2D eigenvalue weighted by Gasteiger charge is -2.37. The van der Waals surface area contributed by atoms with Crippen molar-refractivity contribution in [2.45, 2.75) is 58.0 Å². The van der Waals surface area contributed by atoms with Crippen molar-refractivity contribution in [1.82, 2.24) is 10.2 Å². The highest BCUT2D eigenvalue weighted by Gasteiger charge is 2.25. The third-order valence-corrected chi connectivity index (χ3v) is 3.90. The van der Waals surface area contributed by atoms with Crippen LogP contribution in [0.5, 0.6) is 0 Å². The fourth-order valence-electron chi connectivity index (χ4n) is 2.68. The molecule has 2 atom stereocenters. The highest BCUT2D eigenvalue weighted by Crippen LogP contribution is 2.21. The molecule has 1 heterocycles. The Kier molecular flexibility index (Phi) is 4.04. The summed E-state index contributed by atoms with van der Waals surface area (Å²) in [5.41, 5.74) is 0. The second-order valence-electron chi connectivity index (χ2n) is 5.49. The largest absolute Gasteiger partial charge is 0.312 e. The van der Waals surface area contributed by atoms with Crippen LogP contribution in [0.1, 0.15) is 46.0 Å². The maximum absolute atomic E-state index is 3.68. The van der Waals surface area contributed by atoms with Gasteiger partial charge in [-0.05, 0) is 44.6 Å². The van der Waals surface area contributed by atoms with Gasteiger partial charge in [0, 0.05) is 25.2 Å². The van der Waals surface area contributed by atoms with E-state index in [1.807, 2.05) is 0 Å². The summed E-state index contributed by atoms with van der Waals surface area (Å²) in [7, 11) is 0. The average Bonchev–Trinajstić information content (AvgIpc) is 3.03. The first kappa shape index (κ1) is 11.4. The molecule has 0 aromatic carbocycles. The van der Waals surface area contributed by atoms with E-state index in [0.29, 0.717) is 0 Å². The monoisotopic (exact) mass is 210 g/mol. The molecule has 0 amide bonds. The van der Waals surface area contributed by atoms with Crippen LogP contribution in [-0.2, 0) is 0 Å². The minimum absolute atomic E-state index is 0.786. The Hall–Kier alpha value is -0.0800. The highest BCUT2D eigenvalue weighted by atomic mass is 15.2. The van der Waals surface area contributed by atoms with Gasteiger partial charge in [-0.3, -0.25) is 4.90 Å². The highest BCUT2D eigenvalue weighted by molar-refractivity contribution is 4.85. The van der Waals surface area contributed by atoms with Crippen LogP contribution < -0.4 is 5.32 Å². The summed E-state index contributed by atoms with van der Waals surface area (Å²) >= 11 is 0. The second kappa shape index (κ2) is 5.31. The molecule has 2 aliphatic rings. The summed E-state index contributed by atoms with van der Waals surface area (Å²) in [5.74, 6) is 0.911. The second-order valence-corrected chi connectivity index (χ2v) is 5.49. The number of likely N-dealkylation sites (tertiary alicyclic amines) is 1. The van der Waals surface area contributed by atoms with E-state index in [0.717, 1.165) is 18.0 Å². The van der Waals surface area contributed by atoms with E-state index in [1.54, 1.807) is 0 Å². The predicted octanol–water partition coefficient (Wildman–Crippen LogP) is 2.25. The Labute approximate surface area is 94.4 Å². The van der Waals surface area contributed by atoms with E-state index in [-0.39, 0.29) is 0 Å². The van der Waals surface area contributed by atoms with Gasteiger partial charge in [0.1, 0.15) is 0 Å². The molecule has 2 rings (SSSR count). The zero-order valence-corrected chi connectivity index (χ0v) is 10.3. The van der Waals surface area contributed by atoms with Crippen molar-refractivity contribution in [3.8, 4) is 0 Å². The van der Waals surface area contributed by atoms with Crippen molar-refractivity contribution in [3.05, 3.63) is 0 Å². The zero-order valence-electron chi connectivity index (χ0n) is 10.3. The van der Waals surface area contributed by atoms with Gasteiger partial charge in [0.2, 0.25) is 0 Å². The van der Waals surface area contributed by atoms with E-state index in [4.69, 9.17) is 0 Å². The molecule has 1 aliphatic carbocycles. The van der Waals surface area contributed by atoms with Crippen LogP contribution in [0.15, 0.2) is 0 Å². The van der Waals surface area contributed by atoms with Crippen LogP contribution in [-0.4, -0.2) is 36.6 Å². The fraction of sp³-hybridized carbons (Fsp3) is 1.00. The molecule has 1 N–H and O–H groups in total. The SMILES string of the molecule is CCC(CNC1CC1)N1CCCC(C)C1. The summed E-state index contributed by atoms with van der Waals surface area (Å²) in [4.78, 5) is 2.71. The molecule has 0 radical (unpaired) electrons. The molecular weight excluding hydrogens is 184 g/mol. The topological polar surface area (TPSA) is 15.3 Å². The molecule has 1 saturated heterocycles. The Balaban J connectivity index is 1.75. The van der Waals surface area contributed by atoms with Crippen molar-refractivity contribution in [2.75, 3.05) is 19.6 Å². The molecule has 0 aromatic rings. The first-order chi connectivity index (χ1) is 7.29. The van der Waals surface area contributed by atoms with E-state index < -0.39 is 0 Å². The molecule has 2 heteroatoms. The zero-order chi connectivity index (χ0) is 10.7. The van der Waals surface area contributed by atoms with Crippen LogP contribution in [0.25, 0.3) is 0 Å². The number of nitrogens with one attached hydrogen (secondary N) is 1. The summed E-state index contributed by atoms with van der Waals surface area (Å²) < 4.78 is 0. The molecule has 1 saturated carbocycles. The van der Waals surface area contributed by atoms with Gasteiger partial charge >= 0.3 is 0 Å². The minimum atomic E-state index is 0.786. The van der Waals surface area contributed by atoms with Crippen molar-refractivity contribution in [2.24, 2.45) is 5.92 Å². The predicted molar refractivity (Wildman–Crippen MR) is 65.1 cm³/mol. The molecule has 0 spiro atoms. The van der Waals surface area contributed by atoms with E-state index in [9.17, 15) is 0 Å². The number of piperidine rings is 1. The molecule has 1 aliphatic heterocycles. The van der Waals surface area contributed by atoms with Gasteiger partial charge in [0.05, 0.1) is 0 Å². The Morgan fingerprint density at radius 1 is 1.33 bits per heavy atom. The van der Waals surface area contributed by atoms with Crippen LogP contribution >= 0.6 is 0 Å². The van der Waals surface area contributed by atoms with Gasteiger partial charge in [0.25, 0.3) is 0 Å². The standard InChI is InChI=1S/C13H26N2/c1-3-13(9-14-12-6-7-12)15-8-4-5-11(2)10-15/h11-14H,3-10H2,1-2H3. The Morgan fingerprint density at radius 2 is 2.13 bits per heavy atom. The van der Waals surface area contributed by atoms with E-state index in [2.05, 4.69) is 24.1 Å². The van der Waals surface area contributed by atoms with Crippen molar-refractivity contribution in [3.63, 3.8) is 0 Å². The summed E-state index contributed by atoms with van der Waals surface area (Å²) in [6.45, 7) is 8.60. The maximum atomic E-state index is 3.68. The van der Waals surface area contributed by atoms with Crippen LogP contribution in [0.4, 0.5) is 0 Å². The average molecular weight is 210 g/mol. The lowest BCUT2D eigenvalue weighted by molar-refractivity contribution is 0.124. The third kappa shape index (κ3) is 3.46. The molecule has 0 aromatic heterocycles. The minimum Gasteiger partial charge on any atom is -0.312 e. The first-order valence-electron chi connectivity index (χ1n) is 6.77. The molecular formula is C13H26N2. The summed E-state index contributed by atoms with van der Waals surface area (Å²) in [6.07, 6.45) is 6.95. The van der Waals surface area contributed by atoms with Crippen LogP contribution in [0.2, 0.25) is 0 Å². The van der Waals surface area contributed by atoms with Crippen molar-refractivity contribution < 1.29 is 0 Å². The molecule has 0 bridgehead atoms. The summed E-state index contributed by atoms with van der Waals surface area (Å²) in [6, 6.07) is 1.65.